The van der Waals surface area contributed by atoms with Crippen LogP contribution in [0.25, 0.3) is 0 Å². The van der Waals surface area contributed by atoms with Crippen LogP contribution in [0.2, 0.25) is 5.02 Å². The third-order valence-corrected chi connectivity index (χ3v) is 4.63. The number of nitrogens with zero attached hydrogens (tertiary/aromatic N) is 1. The van der Waals surface area contributed by atoms with Gasteiger partial charge < -0.3 is 15.4 Å². The molecule has 0 spiro atoms. The first-order chi connectivity index (χ1) is 13.5. The number of benzene rings is 2. The minimum absolute atomic E-state index is 0.0772. The molecule has 28 heavy (non-hydrogen) atoms. The molecule has 2 aromatic rings. The van der Waals surface area contributed by atoms with Gasteiger partial charge in [0.1, 0.15) is 5.75 Å². The predicted octanol–water partition coefficient (Wildman–Crippen LogP) is 3.32. The van der Waals surface area contributed by atoms with Gasteiger partial charge in [0, 0.05) is 36.3 Å². The van der Waals surface area contributed by atoms with E-state index in [9.17, 15) is 9.59 Å². The number of hydrogen-bond donors (Lipinski definition) is 2. The first-order valence-electron chi connectivity index (χ1n) is 9.18. The SMILES string of the molecule is CCN(CCC(=O)NCc1ccccc1Cl)CC(=O)Nc1cccc(OC)c1. The van der Waals surface area contributed by atoms with E-state index in [0.717, 1.165) is 5.56 Å². The number of halogens is 1. The van der Waals surface area contributed by atoms with Gasteiger partial charge in [0.15, 0.2) is 0 Å². The molecule has 2 N–H and O–H groups in total. The van der Waals surface area contributed by atoms with Crippen molar-refractivity contribution in [3.05, 3.63) is 59.1 Å². The molecule has 0 saturated carbocycles. The second-order valence-electron chi connectivity index (χ2n) is 6.27. The summed E-state index contributed by atoms with van der Waals surface area (Å²) in [5.74, 6) is 0.471. The number of methoxy groups -OCH3 is 1. The molecule has 150 valence electrons. The van der Waals surface area contributed by atoms with E-state index in [0.29, 0.717) is 42.5 Å². The van der Waals surface area contributed by atoms with E-state index in [1.807, 2.05) is 42.2 Å². The molecule has 0 heterocycles. The van der Waals surface area contributed by atoms with E-state index in [-0.39, 0.29) is 18.4 Å². The Morgan fingerprint density at radius 2 is 1.89 bits per heavy atom. The molecule has 0 atom stereocenters. The first-order valence-corrected chi connectivity index (χ1v) is 9.56. The van der Waals surface area contributed by atoms with Crippen LogP contribution >= 0.6 is 11.6 Å². The van der Waals surface area contributed by atoms with Gasteiger partial charge in [-0.05, 0) is 30.3 Å². The normalized spacial score (nSPS) is 10.6. The summed E-state index contributed by atoms with van der Waals surface area (Å²) >= 11 is 6.09. The zero-order valence-corrected chi connectivity index (χ0v) is 17.0. The van der Waals surface area contributed by atoms with Crippen molar-refractivity contribution in [3.63, 3.8) is 0 Å². The van der Waals surface area contributed by atoms with Gasteiger partial charge in [-0.25, -0.2) is 0 Å². The third-order valence-electron chi connectivity index (χ3n) is 4.26. The molecule has 0 aliphatic rings. The Bertz CT molecular complexity index is 798. The Labute approximate surface area is 170 Å². The number of rotatable bonds is 10. The Morgan fingerprint density at radius 1 is 1.11 bits per heavy atom. The zero-order valence-electron chi connectivity index (χ0n) is 16.2. The Kier molecular flexibility index (Phi) is 8.78. The lowest BCUT2D eigenvalue weighted by atomic mass is 10.2. The van der Waals surface area contributed by atoms with E-state index in [2.05, 4.69) is 10.6 Å². The van der Waals surface area contributed by atoms with Gasteiger partial charge in [0.05, 0.1) is 13.7 Å². The van der Waals surface area contributed by atoms with E-state index >= 15 is 0 Å². The monoisotopic (exact) mass is 403 g/mol. The van der Waals surface area contributed by atoms with Crippen LogP contribution in [0.3, 0.4) is 0 Å². The van der Waals surface area contributed by atoms with Crippen LogP contribution in [0.5, 0.6) is 5.75 Å². The van der Waals surface area contributed by atoms with Gasteiger partial charge in [0.2, 0.25) is 11.8 Å². The highest BCUT2D eigenvalue weighted by molar-refractivity contribution is 6.31. The fourth-order valence-electron chi connectivity index (χ4n) is 2.64. The van der Waals surface area contributed by atoms with Gasteiger partial charge in [-0.3, -0.25) is 14.5 Å². The zero-order chi connectivity index (χ0) is 20.4. The standard InChI is InChI=1S/C21H26ClN3O3/c1-3-25(15-21(27)24-17-8-6-9-18(13-17)28-2)12-11-20(26)23-14-16-7-4-5-10-19(16)22/h4-10,13H,3,11-12,14-15H2,1-2H3,(H,23,26)(H,24,27). The molecule has 0 radical (unpaired) electrons. The number of carbonyl (C=O) groups is 2. The molecule has 0 aliphatic heterocycles. The third kappa shape index (κ3) is 7.21. The van der Waals surface area contributed by atoms with Crippen molar-refractivity contribution in [1.82, 2.24) is 10.2 Å². The maximum Gasteiger partial charge on any atom is 0.238 e. The summed E-state index contributed by atoms with van der Waals surface area (Å²) in [4.78, 5) is 26.3. The lowest BCUT2D eigenvalue weighted by Crippen LogP contribution is -2.36. The Hall–Kier alpha value is -2.57. The van der Waals surface area contributed by atoms with Crippen LogP contribution < -0.4 is 15.4 Å². The van der Waals surface area contributed by atoms with E-state index in [1.165, 1.54) is 0 Å². The number of ether oxygens (including phenoxy) is 1. The van der Waals surface area contributed by atoms with Gasteiger partial charge in [-0.2, -0.15) is 0 Å². The number of carbonyl (C=O) groups excluding carboxylic acids is 2. The van der Waals surface area contributed by atoms with Crippen molar-refractivity contribution in [1.29, 1.82) is 0 Å². The van der Waals surface area contributed by atoms with Gasteiger partial charge in [-0.15, -0.1) is 0 Å². The highest BCUT2D eigenvalue weighted by Crippen LogP contribution is 2.16. The lowest BCUT2D eigenvalue weighted by Gasteiger charge is -2.19. The fraction of sp³-hybridized carbons (Fsp3) is 0.333. The molecule has 0 unspecified atom stereocenters. The second-order valence-corrected chi connectivity index (χ2v) is 6.67. The van der Waals surface area contributed by atoms with Gasteiger partial charge in [-0.1, -0.05) is 42.8 Å². The molecule has 6 nitrogen and oxygen atoms in total. The number of likely N-dealkylation sites (N-methyl/N-ethyl adjacent to an activating group) is 1. The number of anilines is 1. The molecule has 0 aromatic heterocycles. The quantitative estimate of drug-likeness (QED) is 0.638. The predicted molar refractivity (Wildman–Crippen MR) is 112 cm³/mol. The molecular weight excluding hydrogens is 378 g/mol. The van der Waals surface area contributed by atoms with Crippen LogP contribution in [-0.4, -0.2) is 43.5 Å². The van der Waals surface area contributed by atoms with Crippen LogP contribution in [0.4, 0.5) is 5.69 Å². The second kappa shape index (κ2) is 11.3. The first kappa shape index (κ1) is 21.7. The average Bonchev–Trinajstić information content (AvgIpc) is 2.70. The highest BCUT2D eigenvalue weighted by atomic mass is 35.5. The van der Waals surface area contributed by atoms with Crippen LogP contribution in [-0.2, 0) is 16.1 Å². The summed E-state index contributed by atoms with van der Waals surface area (Å²) in [5.41, 5.74) is 1.56. The average molecular weight is 404 g/mol. The van der Waals surface area contributed by atoms with Crippen molar-refractivity contribution < 1.29 is 14.3 Å². The van der Waals surface area contributed by atoms with Crippen molar-refractivity contribution in [2.45, 2.75) is 19.9 Å². The number of hydrogen-bond acceptors (Lipinski definition) is 4. The van der Waals surface area contributed by atoms with Gasteiger partial charge >= 0.3 is 0 Å². The van der Waals surface area contributed by atoms with Gasteiger partial charge in [0.25, 0.3) is 0 Å². The van der Waals surface area contributed by atoms with E-state index in [1.54, 1.807) is 25.3 Å². The Morgan fingerprint density at radius 3 is 2.61 bits per heavy atom. The molecule has 0 bridgehead atoms. The number of nitrogens with one attached hydrogen (secondary N) is 2. The fourth-order valence-corrected chi connectivity index (χ4v) is 2.84. The van der Waals surface area contributed by atoms with Crippen molar-refractivity contribution in [3.8, 4) is 5.75 Å². The van der Waals surface area contributed by atoms with Crippen molar-refractivity contribution in [2.75, 3.05) is 32.1 Å². The minimum atomic E-state index is -0.133. The van der Waals surface area contributed by atoms with Crippen molar-refractivity contribution >= 4 is 29.1 Å². The van der Waals surface area contributed by atoms with Crippen LogP contribution in [0.1, 0.15) is 18.9 Å². The minimum Gasteiger partial charge on any atom is -0.497 e. The highest BCUT2D eigenvalue weighted by Gasteiger charge is 2.12. The summed E-state index contributed by atoms with van der Waals surface area (Å²) in [7, 11) is 1.58. The van der Waals surface area contributed by atoms with E-state index in [4.69, 9.17) is 16.3 Å². The summed E-state index contributed by atoms with van der Waals surface area (Å²) < 4.78 is 5.15. The topological polar surface area (TPSA) is 70.7 Å². The number of amides is 2. The summed E-state index contributed by atoms with van der Waals surface area (Å²) in [6.45, 7) is 3.73. The summed E-state index contributed by atoms with van der Waals surface area (Å²) in [6.07, 6.45) is 0.310. The van der Waals surface area contributed by atoms with Crippen molar-refractivity contribution in [2.24, 2.45) is 0 Å². The summed E-state index contributed by atoms with van der Waals surface area (Å²) in [5, 5.41) is 6.34. The molecule has 2 rings (SSSR count). The molecule has 0 aliphatic carbocycles. The molecular formula is C21H26ClN3O3. The maximum absolute atomic E-state index is 12.3. The summed E-state index contributed by atoms with van der Waals surface area (Å²) in [6, 6.07) is 14.6. The molecule has 0 fully saturated rings. The smallest absolute Gasteiger partial charge is 0.238 e. The van der Waals surface area contributed by atoms with Crippen LogP contribution in [0.15, 0.2) is 48.5 Å². The van der Waals surface area contributed by atoms with Crippen LogP contribution in [0, 0.1) is 0 Å². The molecule has 7 heteroatoms. The Balaban J connectivity index is 1.75. The maximum atomic E-state index is 12.3. The molecule has 2 aromatic carbocycles. The largest absolute Gasteiger partial charge is 0.497 e. The molecule has 2 amide bonds. The molecule has 0 saturated heterocycles. The lowest BCUT2D eigenvalue weighted by molar-refractivity contribution is -0.122. The van der Waals surface area contributed by atoms with E-state index < -0.39 is 0 Å².